The second-order valence-electron chi connectivity index (χ2n) is 12.3. The van der Waals surface area contributed by atoms with Gasteiger partial charge in [-0.05, 0) is 57.2 Å². The van der Waals surface area contributed by atoms with Gasteiger partial charge in [0.15, 0.2) is 0 Å². The lowest BCUT2D eigenvalue weighted by Gasteiger charge is -2.43. The number of nitrogens with two attached hydrogens (primary N) is 1. The molecular weight excluding hydrogens is 557 g/mol. The average Bonchev–Trinajstić information content (AvgIpc) is 3.58. The third-order valence-electron chi connectivity index (χ3n) is 9.48. The maximum Gasteiger partial charge on any atom is 0.573 e. The number of aliphatic hydroxyl groups is 2. The van der Waals surface area contributed by atoms with Crippen molar-refractivity contribution in [1.29, 1.82) is 0 Å². The maximum atomic E-state index is 12.5. The highest BCUT2D eigenvalue weighted by atomic mass is 19.4. The fourth-order valence-corrected chi connectivity index (χ4v) is 7.03. The van der Waals surface area contributed by atoms with E-state index in [0.717, 1.165) is 37.8 Å². The number of likely N-dealkylation sites (N-methyl/N-ethyl adjacent to an activating group) is 1. The molecule has 0 aromatic heterocycles. The molecule has 5 unspecified atom stereocenters. The topological polar surface area (TPSA) is 152 Å². The molecule has 42 heavy (non-hydrogen) atoms. The van der Waals surface area contributed by atoms with E-state index in [-0.39, 0.29) is 36.5 Å². The minimum absolute atomic E-state index is 0.0425. The normalized spacial score (nSPS) is 39.9. The molecule has 9 atom stereocenters. The van der Waals surface area contributed by atoms with Crippen LogP contribution < -0.4 is 37.1 Å². The van der Waals surface area contributed by atoms with Crippen LogP contribution in [0.15, 0.2) is 18.2 Å². The molecule has 9 N–H and O–H groups in total. The smallest absolute Gasteiger partial charge is 0.406 e. The molecule has 0 bridgehead atoms. The van der Waals surface area contributed by atoms with Crippen LogP contribution in [0.3, 0.4) is 0 Å². The predicted molar refractivity (Wildman–Crippen MR) is 149 cm³/mol. The molecule has 0 radical (unpaired) electrons. The van der Waals surface area contributed by atoms with E-state index in [2.05, 4.69) is 43.1 Å². The number of hydrogen-bond acceptors (Lipinski definition) is 12. The molecule has 0 spiro atoms. The van der Waals surface area contributed by atoms with Gasteiger partial charge < -0.3 is 41.0 Å². The molecule has 1 aromatic rings. The van der Waals surface area contributed by atoms with Crippen molar-refractivity contribution in [2.24, 2.45) is 11.7 Å². The molecule has 1 saturated carbocycles. The number of nitrogens with one attached hydrogen (secondary N) is 5. The summed E-state index contributed by atoms with van der Waals surface area (Å²) < 4.78 is 47.9. The highest BCUT2D eigenvalue weighted by Gasteiger charge is 2.52. The quantitative estimate of drug-likeness (QED) is 0.199. The average molecular weight is 601 g/mol. The van der Waals surface area contributed by atoms with Crippen molar-refractivity contribution in [3.63, 3.8) is 0 Å². The number of aliphatic hydroxyl groups excluding tert-OH is 2. The molecule has 4 fully saturated rings. The van der Waals surface area contributed by atoms with Gasteiger partial charge in [-0.25, -0.2) is 4.90 Å². The zero-order valence-corrected chi connectivity index (χ0v) is 23.8. The summed E-state index contributed by atoms with van der Waals surface area (Å²) in [6.45, 7) is 3.08. The number of nitrogens with zero attached hydrogens (tertiary/aromatic N) is 2. The lowest BCUT2D eigenvalue weighted by Crippen LogP contribution is -2.72. The van der Waals surface area contributed by atoms with Gasteiger partial charge in [-0.1, -0.05) is 6.92 Å². The molecule has 12 nitrogen and oxygen atoms in total. The molecule has 1 aliphatic carbocycles. The van der Waals surface area contributed by atoms with Gasteiger partial charge in [-0.3, -0.25) is 16.0 Å². The molecule has 5 aliphatic rings. The van der Waals surface area contributed by atoms with Crippen molar-refractivity contribution in [3.8, 4) is 5.75 Å². The first kappa shape index (κ1) is 30.1. The Labute approximate surface area is 243 Å². The number of benzene rings is 1. The number of ether oxygens (including phenoxy) is 2. The first-order valence-corrected chi connectivity index (χ1v) is 14.9. The van der Waals surface area contributed by atoms with E-state index in [1.54, 1.807) is 6.07 Å². The van der Waals surface area contributed by atoms with Gasteiger partial charge >= 0.3 is 6.36 Å². The van der Waals surface area contributed by atoms with Crippen LogP contribution in [0, 0.1) is 5.92 Å². The van der Waals surface area contributed by atoms with Gasteiger partial charge in [0, 0.05) is 18.7 Å². The van der Waals surface area contributed by atoms with Gasteiger partial charge in [0.05, 0.1) is 48.7 Å². The lowest BCUT2D eigenvalue weighted by molar-refractivity contribution is -0.274. The Morgan fingerprint density at radius 2 is 1.86 bits per heavy atom. The number of halogens is 3. The van der Waals surface area contributed by atoms with Crippen molar-refractivity contribution in [1.82, 2.24) is 25.8 Å². The summed E-state index contributed by atoms with van der Waals surface area (Å²) in [5.41, 5.74) is 7.69. The van der Waals surface area contributed by atoms with Crippen LogP contribution in [-0.4, -0.2) is 108 Å². The molecule has 0 amide bonds. The fraction of sp³-hybridized carbons (Fsp3) is 0.778. The van der Waals surface area contributed by atoms with E-state index < -0.39 is 30.9 Å². The van der Waals surface area contributed by atoms with Crippen LogP contribution in [0.2, 0.25) is 0 Å². The van der Waals surface area contributed by atoms with Crippen molar-refractivity contribution in [2.45, 2.75) is 107 Å². The zero-order valence-electron chi connectivity index (χ0n) is 23.8. The van der Waals surface area contributed by atoms with Crippen LogP contribution in [0.4, 0.5) is 24.5 Å². The first-order chi connectivity index (χ1) is 20.0. The van der Waals surface area contributed by atoms with Crippen molar-refractivity contribution in [3.05, 3.63) is 18.2 Å². The van der Waals surface area contributed by atoms with E-state index in [0.29, 0.717) is 30.9 Å². The fourth-order valence-electron chi connectivity index (χ4n) is 7.03. The number of hydrogen-bond donors (Lipinski definition) is 8. The minimum Gasteiger partial charge on any atom is -0.406 e. The summed E-state index contributed by atoms with van der Waals surface area (Å²) >= 11 is 0. The standard InChI is InChI=1S/C27H43F3N8O4/c1-3-19-35-24(31)21-25(36-19)38(12-32-21)26-23(40)22(39)18(41-26)11-37(2)14-8-13(9-14)4-7-20-33-16-6-5-15(10-17(16)34-20)42-27(28,29)30/h5-6,10,13-14,18-26,32-36,39-40H,3-4,7-9,11-12,31H2,1-2H3/t13?,14?,18-,19?,20?,21?,22-,23-,24?,25?,26-/m1/s1. The summed E-state index contributed by atoms with van der Waals surface area (Å²) in [5.74, 6) is 0.297. The first-order valence-electron chi connectivity index (χ1n) is 14.9. The van der Waals surface area contributed by atoms with Gasteiger partial charge in [-0.15, -0.1) is 13.2 Å². The number of fused-ring (bicyclic) bond motifs is 2. The Balaban J connectivity index is 0.940. The monoisotopic (exact) mass is 600 g/mol. The Morgan fingerprint density at radius 1 is 1.10 bits per heavy atom. The van der Waals surface area contributed by atoms with E-state index in [4.69, 9.17) is 10.5 Å². The summed E-state index contributed by atoms with van der Waals surface area (Å²) in [6, 6.07) is 4.58. The van der Waals surface area contributed by atoms with E-state index in [9.17, 15) is 23.4 Å². The highest BCUT2D eigenvalue weighted by molar-refractivity contribution is 5.75. The van der Waals surface area contributed by atoms with Gasteiger partial charge in [-0.2, -0.15) is 0 Å². The van der Waals surface area contributed by atoms with Crippen LogP contribution >= 0.6 is 0 Å². The second-order valence-corrected chi connectivity index (χ2v) is 12.3. The highest BCUT2D eigenvalue weighted by Crippen LogP contribution is 2.39. The summed E-state index contributed by atoms with van der Waals surface area (Å²) in [6.07, 6.45) is -3.53. The number of rotatable bonds is 9. The van der Waals surface area contributed by atoms with Crippen LogP contribution in [0.5, 0.6) is 5.75 Å². The predicted octanol–water partition coefficient (Wildman–Crippen LogP) is 0.457. The summed E-state index contributed by atoms with van der Waals surface area (Å²) in [7, 11) is 2.03. The molecular formula is C27H43F3N8O4. The van der Waals surface area contributed by atoms with E-state index in [1.165, 1.54) is 12.1 Å². The Kier molecular flexibility index (Phi) is 8.50. The van der Waals surface area contributed by atoms with Crippen LogP contribution in [-0.2, 0) is 4.74 Å². The molecule has 4 heterocycles. The third-order valence-corrected chi connectivity index (χ3v) is 9.48. The Bertz CT molecular complexity index is 1100. The van der Waals surface area contributed by atoms with E-state index >= 15 is 0 Å². The Morgan fingerprint density at radius 3 is 2.60 bits per heavy atom. The van der Waals surface area contributed by atoms with Crippen molar-refractivity contribution < 1.29 is 32.9 Å². The summed E-state index contributed by atoms with van der Waals surface area (Å²) in [5, 5.41) is 38.7. The molecule has 236 valence electrons. The molecule has 15 heteroatoms. The molecule has 6 rings (SSSR count). The summed E-state index contributed by atoms with van der Waals surface area (Å²) in [4.78, 5) is 4.23. The SMILES string of the molecule is CCC1NC(N)C2NCN([C@@H]3O[C@H](CN(C)C4CC(CCC5Nc6ccc(OC(F)(F)F)cc6N5)C4)[C@@H](O)[C@H]3O)C2N1. The van der Waals surface area contributed by atoms with Crippen LogP contribution in [0.25, 0.3) is 0 Å². The third kappa shape index (κ3) is 6.16. The molecule has 3 saturated heterocycles. The van der Waals surface area contributed by atoms with Crippen molar-refractivity contribution >= 4 is 11.4 Å². The number of alkyl halides is 3. The van der Waals surface area contributed by atoms with Gasteiger partial charge in [0.25, 0.3) is 0 Å². The minimum atomic E-state index is -4.72. The molecule has 1 aromatic carbocycles. The Hall–Kier alpha value is -1.95. The zero-order chi connectivity index (χ0) is 29.8. The second kappa shape index (κ2) is 11.9. The maximum absolute atomic E-state index is 12.5. The van der Waals surface area contributed by atoms with Gasteiger partial charge in [0.2, 0.25) is 0 Å². The van der Waals surface area contributed by atoms with E-state index in [1.807, 2.05) is 11.9 Å². The number of anilines is 2. The van der Waals surface area contributed by atoms with Gasteiger partial charge in [0.1, 0.15) is 30.3 Å². The lowest BCUT2D eigenvalue weighted by atomic mass is 9.76. The van der Waals surface area contributed by atoms with Crippen LogP contribution in [0.1, 0.15) is 39.0 Å². The largest absolute Gasteiger partial charge is 0.573 e. The molecule has 4 aliphatic heterocycles. The van der Waals surface area contributed by atoms with Crippen molar-refractivity contribution in [2.75, 3.05) is 30.9 Å².